The molecule has 42 heavy (non-hydrogen) atoms. The Labute approximate surface area is 236 Å². The molecule has 0 atom stereocenters. The van der Waals surface area contributed by atoms with Gasteiger partial charge in [-0.15, -0.1) is 0 Å². The lowest BCUT2D eigenvalue weighted by Gasteiger charge is -2.08. The molecule has 0 bridgehead atoms. The smallest absolute Gasteiger partial charge is 0.295 e. The number of nitrogens with one attached hydrogen (secondary N) is 2. The van der Waals surface area contributed by atoms with E-state index in [1.807, 2.05) is 10.9 Å². The van der Waals surface area contributed by atoms with Gasteiger partial charge in [0.05, 0.1) is 12.4 Å². The Kier molecular flexibility index (Phi) is 8.24. The lowest BCUT2D eigenvalue weighted by molar-refractivity contribution is -0.118. The molecule has 0 aliphatic carbocycles. The van der Waals surface area contributed by atoms with Gasteiger partial charge in [0.15, 0.2) is 11.5 Å². The Morgan fingerprint density at radius 1 is 0.714 bits per heavy atom. The van der Waals surface area contributed by atoms with Gasteiger partial charge in [0.25, 0.3) is 32.1 Å². The summed E-state index contributed by atoms with van der Waals surface area (Å²) >= 11 is 0. The van der Waals surface area contributed by atoms with Crippen LogP contribution in [0.15, 0.2) is 80.9 Å². The number of pyridine rings is 2. The van der Waals surface area contributed by atoms with Crippen LogP contribution in [0.2, 0.25) is 0 Å². The van der Waals surface area contributed by atoms with E-state index < -0.39 is 53.3 Å². The van der Waals surface area contributed by atoms with Crippen LogP contribution >= 0.6 is 0 Å². The Morgan fingerprint density at radius 2 is 1.10 bits per heavy atom. The minimum absolute atomic E-state index is 0.0401. The average molecular weight is 615 g/mol. The Hall–Kier alpha value is -5.30. The minimum atomic E-state index is -4.70. The maximum atomic E-state index is 12.0. The van der Waals surface area contributed by atoms with Crippen molar-refractivity contribution in [3.63, 3.8) is 0 Å². The van der Waals surface area contributed by atoms with E-state index in [1.54, 1.807) is 0 Å². The van der Waals surface area contributed by atoms with Gasteiger partial charge >= 0.3 is 0 Å². The van der Waals surface area contributed by atoms with Crippen molar-refractivity contribution in [2.75, 3.05) is 0 Å². The third-order valence-corrected chi connectivity index (χ3v) is 7.20. The molecule has 0 aliphatic heterocycles. The summed E-state index contributed by atoms with van der Waals surface area (Å²) in [4.78, 5) is 30.7. The zero-order valence-corrected chi connectivity index (χ0v) is 22.4. The average Bonchev–Trinajstić information content (AvgIpc) is 2.93. The molecule has 4 rings (SSSR count). The van der Waals surface area contributed by atoms with E-state index in [-0.39, 0.29) is 32.9 Å². The summed E-state index contributed by atoms with van der Waals surface area (Å²) in [5, 5.41) is 27.8. The highest BCUT2D eigenvalue weighted by Crippen LogP contribution is 2.32. The number of aromatic nitrogens is 2. The number of hydrogen-bond acceptors (Lipinski definition) is 12. The van der Waals surface area contributed by atoms with Gasteiger partial charge in [-0.3, -0.25) is 28.7 Å². The molecule has 18 heteroatoms. The predicted octanol–water partition coefficient (Wildman–Crippen LogP) is 0.844. The van der Waals surface area contributed by atoms with Crippen molar-refractivity contribution in [1.82, 2.24) is 20.8 Å². The number of aromatic hydroxyl groups is 2. The molecule has 2 aromatic carbocycles. The Bertz CT molecular complexity index is 1910. The first-order valence-corrected chi connectivity index (χ1v) is 14.2. The van der Waals surface area contributed by atoms with Gasteiger partial charge in [0.1, 0.15) is 20.8 Å². The highest BCUT2D eigenvalue weighted by Gasteiger charge is 2.20. The highest BCUT2D eigenvalue weighted by molar-refractivity contribution is 7.86. The molecule has 4 aromatic rings. The lowest BCUT2D eigenvalue weighted by Crippen LogP contribution is -2.18. The van der Waals surface area contributed by atoms with Gasteiger partial charge in [-0.1, -0.05) is 0 Å². The van der Waals surface area contributed by atoms with Crippen LogP contribution in [-0.2, 0) is 29.8 Å². The van der Waals surface area contributed by atoms with E-state index in [0.29, 0.717) is 0 Å². The fourth-order valence-electron chi connectivity index (χ4n) is 3.61. The monoisotopic (exact) mass is 614 g/mol. The van der Waals surface area contributed by atoms with E-state index in [0.717, 1.165) is 36.7 Å². The van der Waals surface area contributed by atoms with Gasteiger partial charge < -0.3 is 10.2 Å². The topological polar surface area (TPSA) is 258 Å². The number of phenolic OH excluding ortho intramolecular Hbond substituents is 2. The molecule has 0 aliphatic rings. The first-order chi connectivity index (χ1) is 19.8. The summed E-state index contributed by atoms with van der Waals surface area (Å²) in [7, 11) is -9.39. The van der Waals surface area contributed by atoms with Crippen LogP contribution in [0.3, 0.4) is 0 Å². The summed E-state index contributed by atoms with van der Waals surface area (Å²) in [5.41, 5.74) is 3.34. The standard InChI is InChI=1S/C24H18N6O10S2/c31-19(29-27-11-13-9-17(41(35,36)37)15-3-1-7-25-21(15)23(13)33)5-6-20(32)30-28-12-14-10-18(42(38,39)40)16-4-2-8-26-22(16)24(14)34/h1-12,33-34H,(H,29,31)(H,30,32)(H,35,36,37)(H,38,39,40)/b6-5+,27-11+,28-12+. The van der Waals surface area contributed by atoms with Crippen LogP contribution in [0.1, 0.15) is 11.1 Å². The number of benzene rings is 2. The number of fused-ring (bicyclic) bond motifs is 2. The quantitative estimate of drug-likeness (QED) is 0.0698. The number of nitrogens with zero attached hydrogens (tertiary/aromatic N) is 4. The van der Waals surface area contributed by atoms with E-state index in [9.17, 15) is 45.7 Å². The number of phenols is 2. The van der Waals surface area contributed by atoms with Crippen LogP contribution < -0.4 is 10.9 Å². The highest BCUT2D eigenvalue weighted by atomic mass is 32.2. The van der Waals surface area contributed by atoms with Gasteiger partial charge in [0, 0.05) is 46.4 Å². The molecular weight excluding hydrogens is 596 g/mol. The molecule has 216 valence electrons. The molecule has 2 aromatic heterocycles. The zero-order valence-electron chi connectivity index (χ0n) is 20.8. The third-order valence-electron chi connectivity index (χ3n) is 5.41. The first-order valence-electron chi connectivity index (χ1n) is 11.3. The maximum Gasteiger partial charge on any atom is 0.295 e. The number of hydrogen-bond donors (Lipinski definition) is 6. The minimum Gasteiger partial charge on any atom is -0.505 e. The van der Waals surface area contributed by atoms with E-state index in [1.165, 1.54) is 36.7 Å². The number of carbonyl (C=O) groups excluding carboxylic acids is 2. The molecule has 0 saturated heterocycles. The van der Waals surface area contributed by atoms with Crippen molar-refractivity contribution < 1.29 is 45.7 Å². The molecule has 2 amide bonds. The molecule has 16 nitrogen and oxygen atoms in total. The van der Waals surface area contributed by atoms with Crippen LogP contribution in [0.5, 0.6) is 11.5 Å². The number of amides is 2. The Morgan fingerprint density at radius 3 is 1.45 bits per heavy atom. The normalized spacial score (nSPS) is 12.5. The summed E-state index contributed by atoms with van der Waals surface area (Å²) in [6.07, 6.45) is 5.86. The molecule has 6 N–H and O–H groups in total. The second kappa shape index (κ2) is 11.7. The van der Waals surface area contributed by atoms with Crippen LogP contribution in [-0.4, -0.2) is 70.4 Å². The maximum absolute atomic E-state index is 12.0. The molecule has 0 unspecified atom stereocenters. The second-order valence-corrected chi connectivity index (χ2v) is 11.0. The van der Waals surface area contributed by atoms with Crippen molar-refractivity contribution in [2.24, 2.45) is 10.2 Å². The van der Waals surface area contributed by atoms with Crippen molar-refractivity contribution in [3.05, 3.63) is 72.1 Å². The fourth-order valence-corrected chi connectivity index (χ4v) is 5.05. The first kappa shape index (κ1) is 29.7. The summed E-state index contributed by atoms with van der Waals surface area (Å²) in [5.74, 6) is -2.79. The van der Waals surface area contributed by atoms with Crippen molar-refractivity contribution in [2.45, 2.75) is 9.79 Å². The fraction of sp³-hybridized carbons (Fsp3) is 0. The lowest BCUT2D eigenvalue weighted by atomic mass is 10.1. The SMILES string of the molecule is O=C(/C=C/C(=O)N/N=C/c1cc(S(=O)(=O)O)c2cccnc2c1O)N/N=C/c1cc(S(=O)(=O)O)c2cccnc2c1O. The summed E-state index contributed by atoms with van der Waals surface area (Å²) in [6.45, 7) is 0. The van der Waals surface area contributed by atoms with Gasteiger partial charge in [-0.05, 0) is 36.4 Å². The van der Waals surface area contributed by atoms with Crippen LogP contribution in [0.4, 0.5) is 0 Å². The molecule has 0 saturated carbocycles. The van der Waals surface area contributed by atoms with Crippen LogP contribution in [0.25, 0.3) is 21.8 Å². The predicted molar refractivity (Wildman–Crippen MR) is 147 cm³/mol. The van der Waals surface area contributed by atoms with Gasteiger partial charge in [-0.25, -0.2) is 10.9 Å². The van der Waals surface area contributed by atoms with Gasteiger partial charge in [0.2, 0.25) is 0 Å². The summed E-state index contributed by atoms with van der Waals surface area (Å²) < 4.78 is 66.0. The molecule has 0 radical (unpaired) electrons. The van der Waals surface area contributed by atoms with Crippen molar-refractivity contribution in [3.8, 4) is 11.5 Å². The molecule has 0 spiro atoms. The van der Waals surface area contributed by atoms with Gasteiger partial charge in [-0.2, -0.15) is 27.0 Å². The van der Waals surface area contributed by atoms with Crippen molar-refractivity contribution >= 4 is 66.3 Å². The number of carbonyl (C=O) groups is 2. The molecular formula is C24H18N6O10S2. The molecule has 0 fully saturated rings. The second-order valence-electron chi connectivity index (χ2n) is 8.18. The largest absolute Gasteiger partial charge is 0.505 e. The third kappa shape index (κ3) is 6.53. The van der Waals surface area contributed by atoms with E-state index >= 15 is 0 Å². The number of rotatable bonds is 8. The van der Waals surface area contributed by atoms with Crippen LogP contribution in [0, 0.1) is 0 Å². The number of hydrazone groups is 2. The van der Waals surface area contributed by atoms with E-state index in [2.05, 4.69) is 20.2 Å². The van der Waals surface area contributed by atoms with E-state index in [4.69, 9.17) is 0 Å². The van der Waals surface area contributed by atoms with Crippen molar-refractivity contribution in [1.29, 1.82) is 0 Å². The Balaban J connectivity index is 1.43. The molecule has 2 heterocycles. The zero-order chi connectivity index (χ0) is 30.7. The summed E-state index contributed by atoms with van der Waals surface area (Å²) in [6, 6.07) is 7.31.